The Kier molecular flexibility index (Phi) is 6.28. The minimum Gasteiger partial charge on any atom is -0.335 e. The molecule has 0 N–H and O–H groups in total. The van der Waals surface area contributed by atoms with E-state index >= 15 is 0 Å². The maximum Gasteiger partial charge on any atom is 0.417 e. The molecule has 0 atom stereocenters. The lowest BCUT2D eigenvalue weighted by Crippen LogP contribution is -2.53. The van der Waals surface area contributed by atoms with Crippen LogP contribution in [0, 0.1) is 0 Å². The summed E-state index contributed by atoms with van der Waals surface area (Å²) in [4.78, 5) is 40.2. The van der Waals surface area contributed by atoms with Gasteiger partial charge in [0, 0.05) is 42.7 Å². The Balaban J connectivity index is 1.17. The number of thiazole rings is 1. The fraction of sp³-hybridized carbons (Fsp3) is 0.333. The summed E-state index contributed by atoms with van der Waals surface area (Å²) in [6.07, 6.45) is -3.01. The maximum absolute atomic E-state index is 13.0. The maximum atomic E-state index is 13.0. The molecule has 2 aromatic heterocycles. The van der Waals surface area contributed by atoms with Crippen molar-refractivity contribution >= 4 is 29.0 Å². The molecule has 0 spiro atoms. The Bertz CT molecular complexity index is 1230. The highest BCUT2D eigenvalue weighted by molar-refractivity contribution is 7.15. The Hall–Kier alpha value is -3.31. The minimum atomic E-state index is -4.48. The van der Waals surface area contributed by atoms with Crippen LogP contribution in [-0.2, 0) is 28.7 Å². The van der Waals surface area contributed by atoms with Crippen LogP contribution < -0.4 is 4.90 Å². The molecule has 35 heavy (non-hydrogen) atoms. The van der Waals surface area contributed by atoms with Gasteiger partial charge in [-0.2, -0.15) is 13.2 Å². The lowest BCUT2D eigenvalue weighted by molar-refractivity contribution is -0.138. The molecule has 7 nitrogen and oxygen atoms in total. The Labute approximate surface area is 203 Å². The van der Waals surface area contributed by atoms with Crippen LogP contribution in [0.25, 0.3) is 10.6 Å². The first-order valence-corrected chi connectivity index (χ1v) is 12.0. The highest BCUT2D eigenvalue weighted by Gasteiger charge is 2.33. The highest BCUT2D eigenvalue weighted by atomic mass is 32.1. The molecule has 2 aliphatic heterocycles. The molecule has 11 heteroatoms. The van der Waals surface area contributed by atoms with E-state index in [-0.39, 0.29) is 37.3 Å². The molecule has 0 saturated carbocycles. The van der Waals surface area contributed by atoms with Crippen LogP contribution in [0.1, 0.15) is 16.1 Å². The molecule has 3 aromatic rings. The summed E-state index contributed by atoms with van der Waals surface area (Å²) in [5.41, 5.74) is 1.12. The van der Waals surface area contributed by atoms with Gasteiger partial charge in [0.25, 0.3) is 0 Å². The smallest absolute Gasteiger partial charge is 0.335 e. The van der Waals surface area contributed by atoms with E-state index in [9.17, 15) is 22.8 Å². The zero-order valence-electron chi connectivity index (χ0n) is 18.7. The summed E-state index contributed by atoms with van der Waals surface area (Å²) in [6.45, 7) is 1.83. The lowest BCUT2D eigenvalue weighted by Gasteiger charge is -2.35. The number of hydrogen-bond acceptors (Lipinski definition) is 6. The average Bonchev–Trinajstić information content (AvgIpc) is 3.28. The van der Waals surface area contributed by atoms with Crippen molar-refractivity contribution in [3.63, 3.8) is 0 Å². The van der Waals surface area contributed by atoms with Crippen molar-refractivity contribution in [2.24, 2.45) is 0 Å². The number of aromatic nitrogens is 2. The number of pyridine rings is 1. The van der Waals surface area contributed by atoms with Gasteiger partial charge in [0.1, 0.15) is 10.8 Å². The van der Waals surface area contributed by atoms with Crippen LogP contribution in [0.4, 0.5) is 19.0 Å². The summed E-state index contributed by atoms with van der Waals surface area (Å²) < 4.78 is 38.3. The van der Waals surface area contributed by atoms with Crippen molar-refractivity contribution in [3.8, 4) is 10.6 Å². The third-order valence-electron chi connectivity index (χ3n) is 6.11. The molecule has 2 amide bonds. The largest absolute Gasteiger partial charge is 0.417 e. The van der Waals surface area contributed by atoms with Crippen molar-refractivity contribution in [2.45, 2.75) is 19.1 Å². The number of anilines is 1. The average molecular weight is 502 g/mol. The molecular formula is C24H22F3N5O2S. The van der Waals surface area contributed by atoms with Gasteiger partial charge in [0.2, 0.25) is 11.8 Å². The molecule has 0 radical (unpaired) electrons. The number of hydrogen-bond donors (Lipinski definition) is 0. The number of alkyl halides is 3. The Morgan fingerprint density at radius 1 is 1.03 bits per heavy atom. The van der Waals surface area contributed by atoms with Crippen molar-refractivity contribution in [3.05, 3.63) is 64.8 Å². The first kappa shape index (κ1) is 23.4. The predicted molar refractivity (Wildman–Crippen MR) is 125 cm³/mol. The van der Waals surface area contributed by atoms with E-state index in [1.165, 1.54) is 15.8 Å². The first-order valence-electron chi connectivity index (χ1n) is 11.2. The lowest BCUT2D eigenvalue weighted by atomic mass is 10.1. The second-order valence-electron chi connectivity index (χ2n) is 8.48. The summed E-state index contributed by atoms with van der Waals surface area (Å²) in [5.74, 6) is -0.196. The number of rotatable bonds is 4. The molecular weight excluding hydrogens is 479 g/mol. The van der Waals surface area contributed by atoms with Crippen LogP contribution in [0.15, 0.2) is 48.7 Å². The SMILES string of the molecule is O=C(CN1CCN(c2ccc(C(F)(F)F)cn2)C(=O)C1)N1CCc2sc(-c3ccccc3)nc2C1. The molecule has 182 valence electrons. The summed E-state index contributed by atoms with van der Waals surface area (Å²) in [6, 6.07) is 12.1. The zero-order chi connectivity index (χ0) is 24.6. The van der Waals surface area contributed by atoms with E-state index < -0.39 is 11.7 Å². The molecule has 0 aliphatic carbocycles. The van der Waals surface area contributed by atoms with E-state index in [0.717, 1.165) is 34.9 Å². The molecule has 0 bridgehead atoms. The van der Waals surface area contributed by atoms with Gasteiger partial charge in [-0.25, -0.2) is 9.97 Å². The van der Waals surface area contributed by atoms with Gasteiger partial charge in [0.15, 0.2) is 0 Å². The fourth-order valence-electron chi connectivity index (χ4n) is 4.22. The molecule has 1 saturated heterocycles. The number of halogens is 3. The molecule has 1 fully saturated rings. The number of nitrogens with zero attached hydrogens (tertiary/aromatic N) is 5. The summed E-state index contributed by atoms with van der Waals surface area (Å²) >= 11 is 1.66. The van der Waals surface area contributed by atoms with E-state index in [0.29, 0.717) is 19.6 Å². The third kappa shape index (κ3) is 5.06. The van der Waals surface area contributed by atoms with E-state index in [1.807, 2.05) is 30.3 Å². The van der Waals surface area contributed by atoms with Gasteiger partial charge in [-0.3, -0.25) is 19.4 Å². The van der Waals surface area contributed by atoms with Gasteiger partial charge in [-0.1, -0.05) is 30.3 Å². The second-order valence-corrected chi connectivity index (χ2v) is 9.56. The standard InChI is InChI=1S/C24H22F3N5O2S/c25-24(26,27)17-6-7-20(28-12-17)32-11-10-30(15-22(32)34)14-21(33)31-9-8-19-18(13-31)29-23(35-19)16-4-2-1-3-5-16/h1-7,12H,8-11,13-15H2. The van der Waals surface area contributed by atoms with Crippen molar-refractivity contribution in [1.82, 2.24) is 19.8 Å². The molecule has 0 unspecified atom stereocenters. The van der Waals surface area contributed by atoms with Gasteiger partial charge in [0.05, 0.1) is 30.9 Å². The highest BCUT2D eigenvalue weighted by Crippen LogP contribution is 2.32. The van der Waals surface area contributed by atoms with Crippen LogP contribution in [0.2, 0.25) is 0 Å². The van der Waals surface area contributed by atoms with Crippen molar-refractivity contribution < 1.29 is 22.8 Å². The van der Waals surface area contributed by atoms with Crippen LogP contribution in [0.3, 0.4) is 0 Å². The minimum absolute atomic E-state index is 0.00237. The van der Waals surface area contributed by atoms with Gasteiger partial charge in [-0.05, 0) is 12.1 Å². The van der Waals surface area contributed by atoms with E-state index in [1.54, 1.807) is 21.1 Å². The van der Waals surface area contributed by atoms with Crippen LogP contribution in [-0.4, -0.2) is 64.3 Å². The number of piperazine rings is 1. The topological polar surface area (TPSA) is 69.6 Å². The number of fused-ring (bicyclic) bond motifs is 1. The number of amides is 2. The quantitative estimate of drug-likeness (QED) is 0.548. The van der Waals surface area contributed by atoms with Gasteiger partial charge >= 0.3 is 6.18 Å². The number of carbonyl (C=O) groups excluding carboxylic acids is 2. The summed E-state index contributed by atoms with van der Waals surface area (Å²) in [5, 5.41) is 0.948. The number of carbonyl (C=O) groups is 2. The van der Waals surface area contributed by atoms with E-state index in [4.69, 9.17) is 4.98 Å². The molecule has 2 aliphatic rings. The second kappa shape index (κ2) is 9.38. The van der Waals surface area contributed by atoms with E-state index in [2.05, 4.69) is 4.98 Å². The van der Waals surface area contributed by atoms with Crippen LogP contribution in [0.5, 0.6) is 0 Å². The Morgan fingerprint density at radius 2 is 1.83 bits per heavy atom. The normalized spacial score (nSPS) is 16.9. The monoisotopic (exact) mass is 501 g/mol. The molecule has 1 aromatic carbocycles. The van der Waals surface area contributed by atoms with Gasteiger partial charge in [-0.15, -0.1) is 11.3 Å². The first-order chi connectivity index (χ1) is 16.8. The van der Waals surface area contributed by atoms with Gasteiger partial charge < -0.3 is 4.90 Å². The molecule has 5 rings (SSSR count). The Morgan fingerprint density at radius 3 is 2.51 bits per heavy atom. The van der Waals surface area contributed by atoms with Crippen molar-refractivity contribution in [2.75, 3.05) is 37.6 Å². The fourth-order valence-corrected chi connectivity index (χ4v) is 5.28. The zero-order valence-corrected chi connectivity index (χ0v) is 19.5. The third-order valence-corrected chi connectivity index (χ3v) is 7.32. The predicted octanol–water partition coefficient (Wildman–Crippen LogP) is 3.46. The molecule has 4 heterocycles. The summed E-state index contributed by atoms with van der Waals surface area (Å²) in [7, 11) is 0. The van der Waals surface area contributed by atoms with Crippen molar-refractivity contribution in [1.29, 1.82) is 0 Å². The van der Waals surface area contributed by atoms with Crippen LogP contribution >= 0.6 is 11.3 Å². The number of benzene rings is 1.